The second-order valence-electron chi connectivity index (χ2n) is 6.20. The van der Waals surface area contributed by atoms with Gasteiger partial charge in [-0.2, -0.15) is 5.10 Å². The molecule has 0 aliphatic carbocycles. The summed E-state index contributed by atoms with van der Waals surface area (Å²) < 4.78 is 7.38. The highest BCUT2D eigenvalue weighted by molar-refractivity contribution is 5.92. The summed E-state index contributed by atoms with van der Waals surface area (Å²) in [6.45, 7) is 7.62. The van der Waals surface area contributed by atoms with Crippen LogP contribution in [-0.4, -0.2) is 59.0 Å². The van der Waals surface area contributed by atoms with E-state index < -0.39 is 0 Å². The maximum Gasteiger partial charge on any atom is 0.272 e. The minimum absolute atomic E-state index is 0.0693. The van der Waals surface area contributed by atoms with Crippen LogP contribution in [0.3, 0.4) is 0 Å². The number of nitrogens with one attached hydrogen (secondary N) is 1. The molecule has 1 aromatic heterocycles. The molecule has 2 atom stereocenters. The lowest BCUT2D eigenvalue weighted by atomic mass is 10.1. The number of carbonyl (C=O) groups is 1. The van der Waals surface area contributed by atoms with Crippen LogP contribution in [0.25, 0.3) is 0 Å². The van der Waals surface area contributed by atoms with Crippen LogP contribution in [0, 0.1) is 0 Å². The van der Waals surface area contributed by atoms with Crippen molar-refractivity contribution in [2.75, 3.05) is 26.3 Å². The Kier molecular flexibility index (Phi) is 4.26. The van der Waals surface area contributed by atoms with E-state index >= 15 is 0 Å². The Hall–Kier alpha value is -1.40. The molecule has 116 valence electrons. The van der Waals surface area contributed by atoms with Crippen LogP contribution in [0.1, 0.15) is 43.2 Å². The van der Waals surface area contributed by atoms with Crippen LogP contribution in [0.4, 0.5) is 0 Å². The van der Waals surface area contributed by atoms with Gasteiger partial charge in [-0.15, -0.1) is 0 Å². The van der Waals surface area contributed by atoms with Crippen LogP contribution < -0.4 is 5.32 Å². The van der Waals surface area contributed by atoms with Gasteiger partial charge in [0.2, 0.25) is 0 Å². The Morgan fingerprint density at radius 1 is 1.38 bits per heavy atom. The molecule has 0 radical (unpaired) electrons. The molecule has 3 rings (SSSR count). The largest absolute Gasteiger partial charge is 0.378 e. The number of hydrogen-bond donors (Lipinski definition) is 1. The summed E-state index contributed by atoms with van der Waals surface area (Å²) in [6.07, 6.45) is 4.34. The molecule has 0 unspecified atom stereocenters. The summed E-state index contributed by atoms with van der Waals surface area (Å²) >= 11 is 0. The molecular formula is C15H24N4O2. The van der Waals surface area contributed by atoms with Crippen molar-refractivity contribution in [3.8, 4) is 0 Å². The molecule has 2 aliphatic rings. The van der Waals surface area contributed by atoms with Crippen LogP contribution in [0.15, 0.2) is 12.3 Å². The van der Waals surface area contributed by atoms with Crippen LogP contribution in [-0.2, 0) is 4.74 Å². The molecule has 1 aromatic rings. The standard InChI is InChI=1S/C15H24N4O2/c1-11(2)19-8-5-12(17-19)15(20)16-13-9-21-10-14(13)18-6-3-4-7-18/h5,8,11,13-14H,3-4,6-7,9-10H2,1-2H3,(H,16,20)/t13-,14-/m0/s1. The van der Waals surface area contributed by atoms with E-state index in [1.807, 2.05) is 20.0 Å². The predicted molar refractivity (Wildman–Crippen MR) is 79.3 cm³/mol. The number of hydrogen-bond acceptors (Lipinski definition) is 4. The average molecular weight is 292 g/mol. The number of aromatic nitrogens is 2. The Labute approximate surface area is 125 Å². The van der Waals surface area contributed by atoms with Crippen molar-refractivity contribution in [1.82, 2.24) is 20.0 Å². The lowest BCUT2D eigenvalue weighted by Gasteiger charge is -2.27. The van der Waals surface area contributed by atoms with E-state index in [1.54, 1.807) is 10.7 Å². The van der Waals surface area contributed by atoms with E-state index in [-0.39, 0.29) is 18.0 Å². The predicted octanol–water partition coefficient (Wildman–Crippen LogP) is 1.06. The Balaban J connectivity index is 1.62. The van der Waals surface area contributed by atoms with Crippen LogP contribution in [0.5, 0.6) is 0 Å². The second-order valence-corrected chi connectivity index (χ2v) is 6.20. The maximum atomic E-state index is 12.3. The van der Waals surface area contributed by atoms with Gasteiger partial charge in [-0.1, -0.05) is 0 Å². The summed E-state index contributed by atoms with van der Waals surface area (Å²) in [5, 5.41) is 7.42. The molecular weight excluding hydrogens is 268 g/mol. The molecule has 2 saturated heterocycles. The fourth-order valence-electron chi connectivity index (χ4n) is 3.10. The average Bonchev–Trinajstić information content (AvgIpc) is 3.19. The van der Waals surface area contributed by atoms with Crippen molar-refractivity contribution < 1.29 is 9.53 Å². The Morgan fingerprint density at radius 2 is 2.14 bits per heavy atom. The molecule has 0 saturated carbocycles. The van der Waals surface area contributed by atoms with Gasteiger partial charge in [0.05, 0.1) is 25.3 Å². The first kappa shape index (κ1) is 14.5. The van der Waals surface area contributed by atoms with E-state index in [1.165, 1.54) is 12.8 Å². The van der Waals surface area contributed by atoms with Gasteiger partial charge < -0.3 is 10.1 Å². The molecule has 1 N–H and O–H groups in total. The van der Waals surface area contributed by atoms with Gasteiger partial charge in [0, 0.05) is 12.2 Å². The topological polar surface area (TPSA) is 59.4 Å². The summed E-state index contributed by atoms with van der Waals surface area (Å²) in [6, 6.07) is 2.41. The molecule has 1 amide bonds. The van der Waals surface area contributed by atoms with Crippen molar-refractivity contribution in [2.24, 2.45) is 0 Å². The first-order valence-corrected chi connectivity index (χ1v) is 7.83. The highest BCUT2D eigenvalue weighted by Gasteiger charge is 2.35. The molecule has 2 fully saturated rings. The zero-order chi connectivity index (χ0) is 14.8. The first-order chi connectivity index (χ1) is 10.1. The zero-order valence-electron chi connectivity index (χ0n) is 12.8. The van der Waals surface area contributed by atoms with Gasteiger partial charge >= 0.3 is 0 Å². The van der Waals surface area contributed by atoms with Gasteiger partial charge in [0.25, 0.3) is 5.91 Å². The zero-order valence-corrected chi connectivity index (χ0v) is 12.8. The number of ether oxygens (including phenoxy) is 1. The summed E-state index contributed by atoms with van der Waals surface area (Å²) in [5.74, 6) is -0.103. The normalized spacial score (nSPS) is 26.6. The molecule has 0 bridgehead atoms. The lowest BCUT2D eigenvalue weighted by Crippen LogP contribution is -2.50. The Morgan fingerprint density at radius 3 is 2.81 bits per heavy atom. The van der Waals surface area contributed by atoms with Gasteiger partial charge in [-0.25, -0.2) is 0 Å². The van der Waals surface area contributed by atoms with E-state index in [4.69, 9.17) is 4.74 Å². The monoisotopic (exact) mass is 292 g/mol. The highest BCUT2D eigenvalue weighted by atomic mass is 16.5. The molecule has 3 heterocycles. The molecule has 0 aromatic carbocycles. The minimum Gasteiger partial charge on any atom is -0.378 e. The van der Waals surface area contributed by atoms with Crippen LogP contribution >= 0.6 is 0 Å². The van der Waals surface area contributed by atoms with Crippen molar-refractivity contribution in [3.05, 3.63) is 18.0 Å². The SMILES string of the molecule is CC(C)n1ccc(C(=O)N[C@H]2COC[C@@H]2N2CCCC2)n1. The smallest absolute Gasteiger partial charge is 0.272 e. The lowest BCUT2D eigenvalue weighted by molar-refractivity contribution is 0.0910. The van der Waals surface area contributed by atoms with E-state index in [2.05, 4.69) is 15.3 Å². The van der Waals surface area contributed by atoms with Gasteiger partial charge in [0.1, 0.15) is 5.69 Å². The molecule has 2 aliphatic heterocycles. The van der Waals surface area contributed by atoms with E-state index in [0.717, 1.165) is 13.1 Å². The fourth-order valence-corrected chi connectivity index (χ4v) is 3.10. The van der Waals surface area contributed by atoms with Gasteiger partial charge in [-0.3, -0.25) is 14.4 Å². The number of amides is 1. The first-order valence-electron chi connectivity index (χ1n) is 7.83. The van der Waals surface area contributed by atoms with Crippen molar-refractivity contribution >= 4 is 5.91 Å². The number of nitrogens with zero attached hydrogens (tertiary/aromatic N) is 3. The summed E-state index contributed by atoms with van der Waals surface area (Å²) in [5.41, 5.74) is 0.482. The number of likely N-dealkylation sites (tertiary alicyclic amines) is 1. The van der Waals surface area contributed by atoms with E-state index in [9.17, 15) is 4.79 Å². The second kappa shape index (κ2) is 6.15. The molecule has 6 nitrogen and oxygen atoms in total. The third-order valence-electron chi connectivity index (χ3n) is 4.35. The summed E-state index contributed by atoms with van der Waals surface area (Å²) in [7, 11) is 0. The minimum atomic E-state index is -0.103. The Bertz CT molecular complexity index is 494. The summed E-state index contributed by atoms with van der Waals surface area (Å²) in [4.78, 5) is 14.8. The molecule has 0 spiro atoms. The fraction of sp³-hybridized carbons (Fsp3) is 0.733. The van der Waals surface area contributed by atoms with Crippen molar-refractivity contribution in [1.29, 1.82) is 0 Å². The third-order valence-corrected chi connectivity index (χ3v) is 4.35. The van der Waals surface area contributed by atoms with Crippen molar-refractivity contribution in [2.45, 2.75) is 44.8 Å². The quantitative estimate of drug-likeness (QED) is 0.901. The van der Waals surface area contributed by atoms with Gasteiger partial charge in [-0.05, 0) is 45.8 Å². The van der Waals surface area contributed by atoms with E-state index in [0.29, 0.717) is 24.9 Å². The van der Waals surface area contributed by atoms with Crippen LogP contribution in [0.2, 0.25) is 0 Å². The number of carbonyl (C=O) groups excluding carboxylic acids is 1. The van der Waals surface area contributed by atoms with Gasteiger partial charge in [0.15, 0.2) is 0 Å². The molecule has 6 heteroatoms. The number of rotatable bonds is 4. The van der Waals surface area contributed by atoms with Crippen molar-refractivity contribution in [3.63, 3.8) is 0 Å². The highest BCUT2D eigenvalue weighted by Crippen LogP contribution is 2.19. The third kappa shape index (κ3) is 3.11. The molecule has 21 heavy (non-hydrogen) atoms. The maximum absolute atomic E-state index is 12.3.